The average Bonchev–Trinajstić information content (AvgIpc) is 3.26. The number of sulfonamides is 1. The predicted octanol–water partition coefficient (Wildman–Crippen LogP) is 2.32. The monoisotopic (exact) mass is 517 g/mol. The molecule has 0 saturated carbocycles. The van der Waals surface area contributed by atoms with E-state index in [4.69, 9.17) is 11.6 Å². The fraction of sp³-hybridized carbons (Fsp3) is 0.261. The van der Waals surface area contributed by atoms with Crippen molar-refractivity contribution < 1.29 is 23.1 Å². The van der Waals surface area contributed by atoms with Gasteiger partial charge in [0.2, 0.25) is 0 Å². The molecule has 0 spiro atoms. The van der Waals surface area contributed by atoms with E-state index in [1.807, 2.05) is 0 Å². The zero-order valence-electron chi connectivity index (χ0n) is 19.1. The van der Waals surface area contributed by atoms with Crippen LogP contribution in [0.2, 0.25) is 5.02 Å². The number of halogens is 1. The van der Waals surface area contributed by atoms with Gasteiger partial charge in [-0.2, -0.15) is 9.41 Å². The number of aromatic amines is 1. The highest BCUT2D eigenvalue weighted by atomic mass is 35.5. The van der Waals surface area contributed by atoms with E-state index in [2.05, 4.69) is 10.1 Å². The van der Waals surface area contributed by atoms with Gasteiger partial charge in [-0.25, -0.2) is 13.2 Å². The van der Waals surface area contributed by atoms with Crippen molar-refractivity contribution in [1.29, 1.82) is 0 Å². The molecule has 0 radical (unpaired) electrons. The molecule has 0 bridgehead atoms. The number of rotatable bonds is 6. The molecule has 1 fully saturated rings. The Hall–Kier alpha value is -3.41. The molecule has 1 amide bonds. The fourth-order valence-electron chi connectivity index (χ4n) is 3.85. The van der Waals surface area contributed by atoms with Crippen LogP contribution in [0.4, 0.5) is 0 Å². The number of hydrogen-bond donors (Lipinski definition) is 2. The third kappa shape index (κ3) is 5.16. The van der Waals surface area contributed by atoms with Crippen molar-refractivity contribution in [2.75, 3.05) is 33.7 Å². The molecular formula is C23H24ClN5O5S. The molecule has 2 heterocycles. The molecule has 35 heavy (non-hydrogen) atoms. The van der Waals surface area contributed by atoms with Crippen molar-refractivity contribution in [3.8, 4) is 0 Å². The molecule has 3 aromatic rings. The molecule has 1 unspecified atom stereocenters. The summed E-state index contributed by atoms with van der Waals surface area (Å²) in [7, 11) is -0.450. The summed E-state index contributed by atoms with van der Waals surface area (Å²) in [4.78, 5) is 29.2. The number of hydrazone groups is 1. The number of amides is 1. The van der Waals surface area contributed by atoms with Crippen molar-refractivity contribution in [2.24, 2.45) is 5.10 Å². The highest BCUT2D eigenvalue weighted by Gasteiger charge is 2.40. The molecule has 2 aromatic carbocycles. The van der Waals surface area contributed by atoms with Crippen molar-refractivity contribution in [2.45, 2.75) is 11.1 Å². The van der Waals surface area contributed by atoms with E-state index in [0.717, 1.165) is 9.87 Å². The van der Waals surface area contributed by atoms with Gasteiger partial charge >= 0.3 is 5.97 Å². The Balaban J connectivity index is 1.54. The van der Waals surface area contributed by atoms with Gasteiger partial charge < -0.3 is 20.0 Å². The summed E-state index contributed by atoms with van der Waals surface area (Å²) in [5.74, 6) is -1.76. The maximum Gasteiger partial charge on any atom is 0.327 e. The first kappa shape index (κ1) is 24.7. The number of carboxylic acids is 1. The Morgan fingerprint density at radius 1 is 1.14 bits per heavy atom. The van der Waals surface area contributed by atoms with Gasteiger partial charge in [-0.1, -0.05) is 23.7 Å². The highest BCUT2D eigenvalue weighted by molar-refractivity contribution is 7.89. The molecule has 10 nitrogen and oxygen atoms in total. The number of piperazine rings is 1. The van der Waals surface area contributed by atoms with Crippen LogP contribution in [-0.4, -0.2) is 90.6 Å². The quantitative estimate of drug-likeness (QED) is 0.381. The topological polar surface area (TPSA) is 126 Å². The lowest BCUT2D eigenvalue weighted by Gasteiger charge is -2.38. The van der Waals surface area contributed by atoms with Crippen LogP contribution < -0.4 is 0 Å². The van der Waals surface area contributed by atoms with Crippen LogP contribution in [0.1, 0.15) is 15.9 Å². The van der Waals surface area contributed by atoms with Crippen LogP contribution in [0.3, 0.4) is 0 Å². The lowest BCUT2D eigenvalue weighted by Crippen LogP contribution is -2.59. The highest BCUT2D eigenvalue weighted by Crippen LogP contribution is 2.26. The van der Waals surface area contributed by atoms with E-state index in [1.165, 1.54) is 11.0 Å². The number of fused-ring (bicyclic) bond motifs is 1. The van der Waals surface area contributed by atoms with Gasteiger partial charge in [0, 0.05) is 55.2 Å². The van der Waals surface area contributed by atoms with Gasteiger partial charge in [0.1, 0.15) is 11.1 Å². The van der Waals surface area contributed by atoms with Gasteiger partial charge in [-0.15, -0.1) is 0 Å². The molecule has 2 N–H and O–H groups in total. The molecule has 1 saturated heterocycles. The Kier molecular flexibility index (Phi) is 6.84. The number of nitrogens with one attached hydrogen (secondary N) is 1. The number of benzene rings is 2. The van der Waals surface area contributed by atoms with Gasteiger partial charge in [-0.3, -0.25) is 4.79 Å². The van der Waals surface area contributed by atoms with Crippen molar-refractivity contribution in [1.82, 2.24) is 19.2 Å². The molecular weight excluding hydrogens is 494 g/mol. The van der Waals surface area contributed by atoms with Gasteiger partial charge in [0.25, 0.3) is 15.9 Å². The number of carbonyl (C=O) groups is 2. The fourth-order valence-corrected chi connectivity index (χ4v) is 5.48. The van der Waals surface area contributed by atoms with E-state index in [0.29, 0.717) is 21.5 Å². The molecule has 1 atom stereocenters. The zero-order valence-corrected chi connectivity index (χ0v) is 20.6. The number of carbonyl (C=O) groups excluding carboxylic acids is 1. The largest absolute Gasteiger partial charge is 0.480 e. The molecule has 4 rings (SSSR count). The van der Waals surface area contributed by atoms with Crippen molar-refractivity contribution in [3.63, 3.8) is 0 Å². The lowest BCUT2D eigenvalue weighted by atomic mass is 10.1. The van der Waals surface area contributed by atoms with E-state index in [-0.39, 0.29) is 24.7 Å². The summed E-state index contributed by atoms with van der Waals surface area (Å²) in [6.45, 7) is -0.473. The lowest BCUT2D eigenvalue weighted by molar-refractivity contribution is -0.143. The van der Waals surface area contributed by atoms with Crippen LogP contribution in [0.25, 0.3) is 10.9 Å². The average molecular weight is 518 g/mol. The minimum absolute atomic E-state index is 0.0401. The summed E-state index contributed by atoms with van der Waals surface area (Å²) in [5.41, 5.74) is 1.68. The van der Waals surface area contributed by atoms with Crippen LogP contribution >= 0.6 is 11.6 Å². The van der Waals surface area contributed by atoms with E-state index in [9.17, 15) is 23.1 Å². The number of nitrogens with zero attached hydrogens (tertiary/aromatic N) is 4. The maximum absolute atomic E-state index is 13.3. The molecule has 1 aliphatic heterocycles. The molecule has 1 aliphatic rings. The van der Waals surface area contributed by atoms with Gasteiger partial charge in [0.15, 0.2) is 0 Å². The smallest absolute Gasteiger partial charge is 0.327 e. The molecule has 0 aliphatic carbocycles. The van der Waals surface area contributed by atoms with Gasteiger partial charge in [0.05, 0.1) is 6.21 Å². The molecule has 12 heteroatoms. The standard InChI is InChI=1S/C23H24ClN5O5S/c1-27(2)25-13-15-3-5-16(6-4-15)22(30)29-10-9-28(14-20(29)23(31)32)35(33,34)21-12-17-11-18(24)7-8-19(17)26-21/h3-8,11-13,20,26H,9-10,14H2,1-2H3,(H,31,32)/b25-13+. The predicted molar refractivity (Wildman–Crippen MR) is 132 cm³/mol. The first-order chi connectivity index (χ1) is 16.6. The summed E-state index contributed by atoms with van der Waals surface area (Å²) in [6.07, 6.45) is 1.63. The summed E-state index contributed by atoms with van der Waals surface area (Å²) >= 11 is 5.99. The van der Waals surface area contributed by atoms with Crippen molar-refractivity contribution >= 4 is 50.6 Å². The van der Waals surface area contributed by atoms with Gasteiger partial charge in [-0.05, 0) is 42.0 Å². The summed E-state index contributed by atoms with van der Waals surface area (Å²) in [5, 5.41) is 16.6. The second-order valence-electron chi connectivity index (χ2n) is 8.29. The Labute approximate surface area is 207 Å². The number of H-pyrrole nitrogens is 1. The van der Waals surface area contributed by atoms with Crippen molar-refractivity contribution in [3.05, 3.63) is 64.7 Å². The first-order valence-corrected chi connectivity index (χ1v) is 12.5. The Morgan fingerprint density at radius 3 is 2.51 bits per heavy atom. The van der Waals surface area contributed by atoms with E-state index < -0.39 is 27.9 Å². The van der Waals surface area contributed by atoms with Crippen LogP contribution in [0.15, 0.2) is 58.7 Å². The zero-order chi connectivity index (χ0) is 25.3. The third-order valence-electron chi connectivity index (χ3n) is 5.66. The third-order valence-corrected chi connectivity index (χ3v) is 7.68. The number of hydrogen-bond acceptors (Lipinski definition) is 6. The van der Waals surface area contributed by atoms with E-state index >= 15 is 0 Å². The Morgan fingerprint density at radius 2 is 1.86 bits per heavy atom. The Bertz CT molecular complexity index is 1400. The summed E-state index contributed by atoms with van der Waals surface area (Å²) in [6, 6.07) is 11.7. The molecule has 184 valence electrons. The van der Waals surface area contributed by atoms with E-state index in [1.54, 1.807) is 67.8 Å². The SMILES string of the molecule is CN(C)/N=C/c1ccc(C(=O)N2CCN(S(=O)(=O)c3cc4cc(Cl)ccc4[nH]3)CC2C(=O)O)cc1. The number of aliphatic carboxylic acids is 1. The second kappa shape index (κ2) is 9.68. The number of carboxylic acid groups (broad SMARTS) is 1. The minimum Gasteiger partial charge on any atom is -0.480 e. The van der Waals surface area contributed by atoms with Crippen LogP contribution in [0.5, 0.6) is 0 Å². The second-order valence-corrected chi connectivity index (χ2v) is 10.6. The maximum atomic E-state index is 13.3. The number of aromatic nitrogens is 1. The first-order valence-electron chi connectivity index (χ1n) is 10.7. The van der Waals surface area contributed by atoms with Crippen LogP contribution in [-0.2, 0) is 14.8 Å². The summed E-state index contributed by atoms with van der Waals surface area (Å²) < 4.78 is 27.6. The molecule has 1 aromatic heterocycles. The minimum atomic E-state index is -4.02. The van der Waals surface area contributed by atoms with Crippen LogP contribution in [0, 0.1) is 0 Å². The normalized spacial score (nSPS) is 17.2.